The first-order valence-corrected chi connectivity index (χ1v) is 6.71. The van der Waals surface area contributed by atoms with E-state index in [0.717, 1.165) is 25.1 Å². The average Bonchev–Trinajstić information content (AvgIpc) is 2.36. The van der Waals surface area contributed by atoms with Crippen LogP contribution in [0, 0.1) is 5.92 Å². The van der Waals surface area contributed by atoms with Gasteiger partial charge in [0.15, 0.2) is 0 Å². The topological polar surface area (TPSA) is 41.1 Å². The van der Waals surface area contributed by atoms with Gasteiger partial charge in [0.1, 0.15) is 0 Å². The number of amides is 1. The van der Waals surface area contributed by atoms with Gasteiger partial charge >= 0.3 is 0 Å². The lowest BCUT2D eigenvalue weighted by Gasteiger charge is -2.09. The summed E-state index contributed by atoms with van der Waals surface area (Å²) in [7, 11) is 0. The van der Waals surface area contributed by atoms with Crippen molar-refractivity contribution in [3.8, 4) is 0 Å². The Morgan fingerprint density at radius 2 is 1.89 bits per heavy atom. The van der Waals surface area contributed by atoms with Crippen LogP contribution in [-0.2, 0) is 11.2 Å². The molecule has 0 radical (unpaired) electrons. The first kappa shape index (κ1) is 14.6. The van der Waals surface area contributed by atoms with Crippen LogP contribution in [0.3, 0.4) is 0 Å². The molecule has 0 atom stereocenters. The molecule has 1 rings (SSSR count). The summed E-state index contributed by atoms with van der Waals surface area (Å²) in [5, 5.41) is 6.01. The summed E-state index contributed by atoms with van der Waals surface area (Å²) in [6.07, 6.45) is 2.26. The first-order chi connectivity index (χ1) is 8.61. The molecule has 0 bridgehead atoms. The standard InChI is InChI=1S/C15H24N2O/c1-4-5-13-6-8-14(9-7-13)16-11-15(18)17-10-12(2)3/h6-9,12,16H,4-5,10-11H2,1-3H3,(H,17,18). The fourth-order valence-corrected chi connectivity index (χ4v) is 1.64. The van der Waals surface area contributed by atoms with Gasteiger partial charge in [-0.3, -0.25) is 4.79 Å². The molecule has 0 aliphatic rings. The summed E-state index contributed by atoms with van der Waals surface area (Å²) in [4.78, 5) is 11.5. The summed E-state index contributed by atoms with van der Waals surface area (Å²) >= 11 is 0. The second-order valence-electron chi connectivity index (χ2n) is 5.00. The van der Waals surface area contributed by atoms with Gasteiger partial charge in [0.25, 0.3) is 0 Å². The van der Waals surface area contributed by atoms with Crippen LogP contribution >= 0.6 is 0 Å². The third-order valence-electron chi connectivity index (χ3n) is 2.65. The number of carbonyl (C=O) groups excluding carboxylic acids is 1. The summed E-state index contributed by atoms with van der Waals surface area (Å²) in [6, 6.07) is 8.27. The number of aryl methyl sites for hydroxylation is 1. The van der Waals surface area contributed by atoms with Crippen LogP contribution < -0.4 is 10.6 Å². The number of hydrogen-bond acceptors (Lipinski definition) is 2. The molecule has 100 valence electrons. The molecule has 0 saturated heterocycles. The minimum absolute atomic E-state index is 0.0429. The molecule has 0 spiro atoms. The largest absolute Gasteiger partial charge is 0.376 e. The number of anilines is 1. The van der Waals surface area contributed by atoms with Crippen molar-refractivity contribution in [1.29, 1.82) is 0 Å². The molecule has 2 N–H and O–H groups in total. The van der Waals surface area contributed by atoms with Crippen LogP contribution in [0.1, 0.15) is 32.8 Å². The zero-order valence-electron chi connectivity index (χ0n) is 11.6. The maximum atomic E-state index is 11.5. The molecule has 0 aliphatic carbocycles. The van der Waals surface area contributed by atoms with Gasteiger partial charge in [0.05, 0.1) is 6.54 Å². The second kappa shape index (κ2) is 7.75. The number of benzene rings is 1. The van der Waals surface area contributed by atoms with Crippen molar-refractivity contribution in [2.24, 2.45) is 5.92 Å². The Morgan fingerprint density at radius 1 is 1.22 bits per heavy atom. The minimum atomic E-state index is 0.0429. The van der Waals surface area contributed by atoms with E-state index in [1.54, 1.807) is 0 Å². The van der Waals surface area contributed by atoms with Gasteiger partial charge in [0.2, 0.25) is 5.91 Å². The third-order valence-corrected chi connectivity index (χ3v) is 2.65. The highest BCUT2D eigenvalue weighted by Crippen LogP contribution is 2.10. The molecule has 1 aromatic carbocycles. The van der Waals surface area contributed by atoms with Crippen molar-refractivity contribution in [2.45, 2.75) is 33.6 Å². The lowest BCUT2D eigenvalue weighted by molar-refractivity contribution is -0.119. The van der Waals surface area contributed by atoms with Gasteiger partial charge in [-0.05, 0) is 30.0 Å². The molecule has 18 heavy (non-hydrogen) atoms. The molecule has 0 heterocycles. The summed E-state index contributed by atoms with van der Waals surface area (Å²) in [5.74, 6) is 0.531. The highest BCUT2D eigenvalue weighted by molar-refractivity contribution is 5.80. The van der Waals surface area contributed by atoms with Crippen molar-refractivity contribution < 1.29 is 4.79 Å². The Hall–Kier alpha value is -1.51. The lowest BCUT2D eigenvalue weighted by atomic mass is 10.1. The van der Waals surface area contributed by atoms with E-state index < -0.39 is 0 Å². The maximum absolute atomic E-state index is 11.5. The van der Waals surface area contributed by atoms with Crippen LogP contribution in [0.15, 0.2) is 24.3 Å². The SMILES string of the molecule is CCCc1ccc(NCC(=O)NCC(C)C)cc1. The molecule has 3 heteroatoms. The molecule has 0 saturated carbocycles. The van der Waals surface area contributed by atoms with E-state index in [4.69, 9.17) is 0 Å². The number of hydrogen-bond donors (Lipinski definition) is 2. The van der Waals surface area contributed by atoms with E-state index in [9.17, 15) is 4.79 Å². The fourth-order valence-electron chi connectivity index (χ4n) is 1.64. The highest BCUT2D eigenvalue weighted by Gasteiger charge is 2.02. The molecular weight excluding hydrogens is 224 g/mol. The molecule has 3 nitrogen and oxygen atoms in total. The van der Waals surface area contributed by atoms with Crippen molar-refractivity contribution in [2.75, 3.05) is 18.4 Å². The molecule has 0 aromatic heterocycles. The Bertz CT molecular complexity index is 357. The number of rotatable bonds is 7. The normalized spacial score (nSPS) is 10.4. The van der Waals surface area contributed by atoms with E-state index >= 15 is 0 Å². The van der Waals surface area contributed by atoms with E-state index in [1.165, 1.54) is 5.56 Å². The zero-order valence-corrected chi connectivity index (χ0v) is 11.6. The van der Waals surface area contributed by atoms with E-state index in [1.807, 2.05) is 12.1 Å². The van der Waals surface area contributed by atoms with Crippen LogP contribution in [0.5, 0.6) is 0 Å². The molecular formula is C15H24N2O. The molecule has 0 aliphatic heterocycles. The molecule has 1 aromatic rings. The maximum Gasteiger partial charge on any atom is 0.239 e. The zero-order chi connectivity index (χ0) is 13.4. The monoisotopic (exact) mass is 248 g/mol. The number of carbonyl (C=O) groups is 1. The molecule has 0 unspecified atom stereocenters. The Balaban J connectivity index is 2.32. The smallest absolute Gasteiger partial charge is 0.239 e. The Morgan fingerprint density at radius 3 is 2.44 bits per heavy atom. The predicted octanol–water partition coefficient (Wildman–Crippen LogP) is 2.82. The molecule has 1 amide bonds. The summed E-state index contributed by atoms with van der Waals surface area (Å²) in [6.45, 7) is 7.40. The average molecular weight is 248 g/mol. The van der Waals surface area contributed by atoms with E-state index in [0.29, 0.717) is 12.5 Å². The van der Waals surface area contributed by atoms with E-state index in [2.05, 4.69) is 43.5 Å². The van der Waals surface area contributed by atoms with Crippen molar-refractivity contribution in [1.82, 2.24) is 5.32 Å². The van der Waals surface area contributed by atoms with Gasteiger partial charge in [-0.1, -0.05) is 39.3 Å². The summed E-state index contributed by atoms with van der Waals surface area (Å²) in [5.41, 5.74) is 2.34. The van der Waals surface area contributed by atoms with Crippen LogP contribution in [0.4, 0.5) is 5.69 Å². The van der Waals surface area contributed by atoms with Gasteiger partial charge in [-0.2, -0.15) is 0 Å². The van der Waals surface area contributed by atoms with Crippen molar-refractivity contribution in [3.05, 3.63) is 29.8 Å². The fraction of sp³-hybridized carbons (Fsp3) is 0.533. The second-order valence-corrected chi connectivity index (χ2v) is 5.00. The van der Waals surface area contributed by atoms with Gasteiger partial charge in [-0.15, -0.1) is 0 Å². The van der Waals surface area contributed by atoms with Crippen molar-refractivity contribution >= 4 is 11.6 Å². The van der Waals surface area contributed by atoms with Gasteiger partial charge < -0.3 is 10.6 Å². The van der Waals surface area contributed by atoms with Crippen LogP contribution in [-0.4, -0.2) is 19.0 Å². The van der Waals surface area contributed by atoms with Crippen LogP contribution in [0.2, 0.25) is 0 Å². The van der Waals surface area contributed by atoms with Gasteiger partial charge in [-0.25, -0.2) is 0 Å². The quantitative estimate of drug-likeness (QED) is 0.779. The third kappa shape index (κ3) is 5.71. The summed E-state index contributed by atoms with van der Waals surface area (Å²) < 4.78 is 0. The Kier molecular flexibility index (Phi) is 6.26. The first-order valence-electron chi connectivity index (χ1n) is 6.71. The Labute approximate surface area is 110 Å². The van der Waals surface area contributed by atoms with E-state index in [-0.39, 0.29) is 5.91 Å². The lowest BCUT2D eigenvalue weighted by Crippen LogP contribution is -2.32. The van der Waals surface area contributed by atoms with Gasteiger partial charge in [0, 0.05) is 12.2 Å². The van der Waals surface area contributed by atoms with Crippen molar-refractivity contribution in [3.63, 3.8) is 0 Å². The minimum Gasteiger partial charge on any atom is -0.376 e. The van der Waals surface area contributed by atoms with Crippen LogP contribution in [0.25, 0.3) is 0 Å². The molecule has 0 fully saturated rings. The highest BCUT2D eigenvalue weighted by atomic mass is 16.1. The predicted molar refractivity (Wildman–Crippen MR) is 76.8 cm³/mol. The number of nitrogens with one attached hydrogen (secondary N) is 2.